The van der Waals surface area contributed by atoms with Crippen LogP contribution >= 0.6 is 0 Å². The van der Waals surface area contributed by atoms with Crippen molar-refractivity contribution in [2.24, 2.45) is 0 Å². The number of Topliss-reactive ketones (excluding diaryl/α,β-unsaturated/α-hetero) is 1. The smallest absolute Gasteiger partial charge is 0.375 e. The SMILES string of the molecule is CCC(OC1CCCCC1=O)[Si](OC)(OC)OC. The van der Waals surface area contributed by atoms with E-state index in [-0.39, 0.29) is 17.6 Å². The zero-order valence-electron chi connectivity index (χ0n) is 11.7. The Morgan fingerprint density at radius 2 is 1.83 bits per heavy atom. The highest BCUT2D eigenvalue weighted by Gasteiger charge is 2.49. The van der Waals surface area contributed by atoms with E-state index in [4.69, 9.17) is 18.0 Å². The maximum Gasteiger partial charge on any atom is 0.530 e. The van der Waals surface area contributed by atoms with Gasteiger partial charge in [0.15, 0.2) is 5.78 Å². The first kappa shape index (κ1) is 15.8. The van der Waals surface area contributed by atoms with E-state index in [1.54, 1.807) is 21.3 Å². The van der Waals surface area contributed by atoms with Crippen molar-refractivity contribution in [1.82, 2.24) is 0 Å². The van der Waals surface area contributed by atoms with Gasteiger partial charge >= 0.3 is 8.80 Å². The minimum absolute atomic E-state index is 0.186. The van der Waals surface area contributed by atoms with E-state index in [1.807, 2.05) is 6.92 Å². The molecule has 0 saturated heterocycles. The highest BCUT2D eigenvalue weighted by Crippen LogP contribution is 2.24. The molecule has 1 aliphatic carbocycles. The Balaban J connectivity index is 2.72. The third-order valence-corrected chi connectivity index (χ3v) is 6.49. The summed E-state index contributed by atoms with van der Waals surface area (Å²) in [6, 6.07) is 0. The number of ether oxygens (including phenoxy) is 1. The molecule has 106 valence electrons. The lowest BCUT2D eigenvalue weighted by molar-refractivity contribution is -0.137. The van der Waals surface area contributed by atoms with E-state index in [0.717, 1.165) is 19.3 Å². The maximum absolute atomic E-state index is 11.8. The van der Waals surface area contributed by atoms with Crippen molar-refractivity contribution in [3.63, 3.8) is 0 Å². The van der Waals surface area contributed by atoms with Crippen LogP contribution in [0.3, 0.4) is 0 Å². The molecule has 2 atom stereocenters. The van der Waals surface area contributed by atoms with E-state index in [2.05, 4.69) is 0 Å². The molecular weight excluding hydrogens is 252 g/mol. The van der Waals surface area contributed by atoms with Crippen molar-refractivity contribution < 1.29 is 22.8 Å². The van der Waals surface area contributed by atoms with Crippen molar-refractivity contribution in [2.45, 2.75) is 50.9 Å². The molecule has 1 fully saturated rings. The van der Waals surface area contributed by atoms with E-state index >= 15 is 0 Å². The van der Waals surface area contributed by atoms with Gasteiger partial charge < -0.3 is 18.0 Å². The fraction of sp³-hybridized carbons (Fsp3) is 0.917. The number of hydrogen-bond acceptors (Lipinski definition) is 5. The second kappa shape index (κ2) is 7.35. The fourth-order valence-corrected chi connectivity index (χ4v) is 4.49. The second-order valence-electron chi connectivity index (χ2n) is 4.45. The van der Waals surface area contributed by atoms with Crippen molar-refractivity contribution in [1.29, 1.82) is 0 Å². The van der Waals surface area contributed by atoms with Gasteiger partial charge in [0.2, 0.25) is 0 Å². The highest BCUT2D eigenvalue weighted by molar-refractivity contribution is 6.62. The normalized spacial score (nSPS) is 23.1. The molecule has 5 nitrogen and oxygen atoms in total. The molecule has 1 aliphatic rings. The van der Waals surface area contributed by atoms with Gasteiger partial charge in [0.25, 0.3) is 0 Å². The zero-order chi connectivity index (χ0) is 13.6. The first-order valence-corrected chi connectivity index (χ1v) is 8.27. The maximum atomic E-state index is 11.8. The molecule has 2 unspecified atom stereocenters. The molecule has 0 radical (unpaired) electrons. The predicted molar refractivity (Wildman–Crippen MR) is 69.2 cm³/mol. The molecule has 6 heteroatoms. The van der Waals surface area contributed by atoms with Crippen molar-refractivity contribution >= 4 is 14.6 Å². The molecule has 1 saturated carbocycles. The van der Waals surface area contributed by atoms with Gasteiger partial charge in [0.1, 0.15) is 11.8 Å². The van der Waals surface area contributed by atoms with Gasteiger partial charge in [0, 0.05) is 27.8 Å². The molecule has 0 aromatic carbocycles. The number of hydrogen-bond donors (Lipinski definition) is 0. The first-order chi connectivity index (χ1) is 8.63. The summed E-state index contributed by atoms with van der Waals surface area (Å²) in [6.07, 6.45) is 3.78. The van der Waals surface area contributed by atoms with E-state index in [9.17, 15) is 4.79 Å². The van der Waals surface area contributed by atoms with E-state index in [1.165, 1.54) is 0 Å². The standard InChI is InChI=1S/C12H24O5Si/c1-5-12(18(14-2,15-3)16-4)17-11-9-7-6-8-10(11)13/h11-12H,5-9H2,1-4H3. The minimum atomic E-state index is -2.83. The van der Waals surface area contributed by atoms with Crippen molar-refractivity contribution in [2.75, 3.05) is 21.3 Å². The molecule has 0 bridgehead atoms. The number of carbonyl (C=O) groups excluding carboxylic acids is 1. The zero-order valence-corrected chi connectivity index (χ0v) is 12.7. The van der Waals surface area contributed by atoms with Gasteiger partial charge in [-0.05, 0) is 25.7 Å². The lowest BCUT2D eigenvalue weighted by Crippen LogP contribution is -2.57. The Kier molecular flexibility index (Phi) is 6.44. The quantitative estimate of drug-likeness (QED) is 0.663. The van der Waals surface area contributed by atoms with Crippen LogP contribution in [-0.2, 0) is 22.8 Å². The lowest BCUT2D eigenvalue weighted by Gasteiger charge is -2.34. The van der Waals surface area contributed by atoms with Crippen LogP contribution in [0.1, 0.15) is 39.0 Å². The monoisotopic (exact) mass is 276 g/mol. The summed E-state index contributed by atoms with van der Waals surface area (Å²) in [6.45, 7) is 1.98. The Hall–Kier alpha value is -0.273. The van der Waals surface area contributed by atoms with Gasteiger partial charge in [-0.1, -0.05) is 6.92 Å². The van der Waals surface area contributed by atoms with Gasteiger partial charge in [-0.2, -0.15) is 0 Å². The molecule has 0 spiro atoms. The first-order valence-electron chi connectivity index (χ1n) is 6.47. The molecule has 0 amide bonds. The Labute approximate surface area is 110 Å². The van der Waals surface area contributed by atoms with Gasteiger partial charge in [-0.3, -0.25) is 4.79 Å². The van der Waals surface area contributed by atoms with E-state index < -0.39 is 8.80 Å². The van der Waals surface area contributed by atoms with Crippen molar-refractivity contribution in [3.8, 4) is 0 Å². The topological polar surface area (TPSA) is 54.0 Å². The number of rotatable bonds is 7. The molecule has 18 heavy (non-hydrogen) atoms. The lowest BCUT2D eigenvalue weighted by atomic mass is 9.96. The van der Waals surface area contributed by atoms with Gasteiger partial charge in [-0.25, -0.2) is 0 Å². The molecule has 0 aliphatic heterocycles. The largest absolute Gasteiger partial charge is 0.530 e. The third-order valence-electron chi connectivity index (χ3n) is 3.45. The van der Waals surface area contributed by atoms with Crippen LogP contribution in [0.2, 0.25) is 0 Å². The second-order valence-corrected chi connectivity index (χ2v) is 7.53. The van der Waals surface area contributed by atoms with Crippen LogP contribution in [0, 0.1) is 0 Å². The average molecular weight is 276 g/mol. The molecular formula is C12H24O5Si. The molecule has 0 heterocycles. The average Bonchev–Trinajstić information content (AvgIpc) is 2.42. The van der Waals surface area contributed by atoms with Crippen LogP contribution in [0.25, 0.3) is 0 Å². The van der Waals surface area contributed by atoms with Crippen LogP contribution in [0.4, 0.5) is 0 Å². The molecule has 0 N–H and O–H groups in total. The van der Waals surface area contributed by atoms with Gasteiger partial charge in [-0.15, -0.1) is 0 Å². The fourth-order valence-electron chi connectivity index (χ4n) is 2.37. The highest BCUT2D eigenvalue weighted by atomic mass is 28.4. The number of carbonyl (C=O) groups is 1. The predicted octanol–water partition coefficient (Wildman–Crippen LogP) is 1.71. The van der Waals surface area contributed by atoms with E-state index in [0.29, 0.717) is 12.8 Å². The summed E-state index contributed by atoms with van der Waals surface area (Å²) in [5, 5.41) is 0. The van der Waals surface area contributed by atoms with Crippen molar-refractivity contribution in [3.05, 3.63) is 0 Å². The molecule has 0 aromatic heterocycles. The third kappa shape index (κ3) is 3.39. The summed E-state index contributed by atoms with van der Waals surface area (Å²) >= 11 is 0. The number of ketones is 1. The summed E-state index contributed by atoms with van der Waals surface area (Å²) in [5.41, 5.74) is -0.287. The van der Waals surface area contributed by atoms with Crippen LogP contribution in [0.15, 0.2) is 0 Å². The molecule has 1 rings (SSSR count). The Morgan fingerprint density at radius 3 is 2.28 bits per heavy atom. The Bertz CT molecular complexity index is 259. The van der Waals surface area contributed by atoms with Crippen LogP contribution in [-0.4, -0.2) is 47.7 Å². The summed E-state index contributed by atoms with van der Waals surface area (Å²) in [5.74, 6) is 0.186. The summed E-state index contributed by atoms with van der Waals surface area (Å²) < 4.78 is 22.2. The molecule has 0 aromatic rings. The van der Waals surface area contributed by atoms with Gasteiger partial charge in [0.05, 0.1) is 0 Å². The van der Waals surface area contributed by atoms with Crippen LogP contribution in [0.5, 0.6) is 0 Å². The summed E-state index contributed by atoms with van der Waals surface area (Å²) in [4.78, 5) is 11.8. The minimum Gasteiger partial charge on any atom is -0.375 e. The van der Waals surface area contributed by atoms with Crippen LogP contribution < -0.4 is 0 Å². The summed E-state index contributed by atoms with van der Waals surface area (Å²) in [7, 11) is 1.86. The Morgan fingerprint density at radius 1 is 1.22 bits per heavy atom.